The van der Waals surface area contributed by atoms with Crippen molar-refractivity contribution in [1.82, 2.24) is 0 Å². The molecule has 14 heavy (non-hydrogen) atoms. The van der Waals surface area contributed by atoms with E-state index in [1.54, 1.807) is 0 Å². The summed E-state index contributed by atoms with van der Waals surface area (Å²) in [6.07, 6.45) is 9.20. The van der Waals surface area contributed by atoms with E-state index in [1.165, 1.54) is 18.4 Å². The molecule has 0 unspecified atom stereocenters. The highest BCUT2D eigenvalue weighted by Gasteiger charge is 2.35. The first-order valence-corrected chi connectivity index (χ1v) is 5.64. The Hall–Kier alpha value is -0.630. The molecule has 78 valence electrons. The lowest BCUT2D eigenvalue weighted by atomic mass is 9.75. The molecule has 1 saturated carbocycles. The van der Waals surface area contributed by atoms with Crippen LogP contribution >= 0.6 is 0 Å². The standard InChI is InChI=1S/C12H18O2/c13-11-6-8-12(14,9-7-11)10-4-2-1-3-5-10/h4,14H,1-3,5-9H2. The normalized spacial score (nSPS) is 27.2. The summed E-state index contributed by atoms with van der Waals surface area (Å²) in [5.41, 5.74) is 0.574. The van der Waals surface area contributed by atoms with E-state index in [0.29, 0.717) is 31.5 Å². The van der Waals surface area contributed by atoms with Crippen LogP contribution < -0.4 is 0 Å². The molecule has 2 heteroatoms. The van der Waals surface area contributed by atoms with Crippen molar-refractivity contribution in [3.8, 4) is 0 Å². The highest BCUT2D eigenvalue weighted by atomic mass is 16.3. The number of carbonyl (C=O) groups excluding carboxylic acids is 1. The second kappa shape index (κ2) is 3.85. The second-order valence-electron chi connectivity index (χ2n) is 4.55. The lowest BCUT2D eigenvalue weighted by Crippen LogP contribution is -2.36. The first-order valence-electron chi connectivity index (χ1n) is 5.64. The summed E-state index contributed by atoms with van der Waals surface area (Å²) in [5.74, 6) is 0.311. The smallest absolute Gasteiger partial charge is 0.133 e. The largest absolute Gasteiger partial charge is 0.385 e. The summed E-state index contributed by atoms with van der Waals surface area (Å²) in [7, 11) is 0. The van der Waals surface area contributed by atoms with Crippen molar-refractivity contribution in [2.24, 2.45) is 0 Å². The molecule has 0 amide bonds. The van der Waals surface area contributed by atoms with Crippen LogP contribution in [0.1, 0.15) is 51.4 Å². The molecule has 2 nitrogen and oxygen atoms in total. The molecule has 0 saturated heterocycles. The SMILES string of the molecule is O=C1CCC(O)(C2=CCCCC2)CC1. The third kappa shape index (κ3) is 1.90. The van der Waals surface area contributed by atoms with Crippen LogP contribution in [0.3, 0.4) is 0 Å². The molecule has 0 aromatic carbocycles. The van der Waals surface area contributed by atoms with Gasteiger partial charge in [-0.2, -0.15) is 0 Å². The predicted octanol–water partition coefficient (Wildman–Crippen LogP) is 2.36. The Labute approximate surface area is 85.0 Å². The third-order valence-corrected chi connectivity index (χ3v) is 3.52. The van der Waals surface area contributed by atoms with Crippen LogP contribution in [0.5, 0.6) is 0 Å². The van der Waals surface area contributed by atoms with Crippen molar-refractivity contribution in [1.29, 1.82) is 0 Å². The van der Waals surface area contributed by atoms with E-state index in [4.69, 9.17) is 0 Å². The average molecular weight is 194 g/mol. The van der Waals surface area contributed by atoms with Crippen LogP contribution in [0.2, 0.25) is 0 Å². The van der Waals surface area contributed by atoms with Gasteiger partial charge in [0.05, 0.1) is 5.60 Å². The van der Waals surface area contributed by atoms with Gasteiger partial charge in [0.2, 0.25) is 0 Å². The summed E-state index contributed by atoms with van der Waals surface area (Å²) < 4.78 is 0. The van der Waals surface area contributed by atoms with Crippen LogP contribution in [0, 0.1) is 0 Å². The number of aliphatic hydroxyl groups is 1. The van der Waals surface area contributed by atoms with Gasteiger partial charge in [-0.3, -0.25) is 4.79 Å². The highest BCUT2D eigenvalue weighted by molar-refractivity contribution is 5.79. The van der Waals surface area contributed by atoms with Gasteiger partial charge in [-0.1, -0.05) is 6.08 Å². The Kier molecular flexibility index (Phi) is 2.73. The maximum absolute atomic E-state index is 11.1. The minimum atomic E-state index is -0.631. The summed E-state index contributed by atoms with van der Waals surface area (Å²) in [4.78, 5) is 11.1. The molecule has 0 aliphatic heterocycles. The Bertz CT molecular complexity index is 255. The number of Topliss-reactive ketones (excluding diaryl/α,β-unsaturated/α-hetero) is 1. The minimum Gasteiger partial charge on any atom is -0.385 e. The molecule has 0 atom stereocenters. The molecule has 1 fully saturated rings. The van der Waals surface area contributed by atoms with Crippen molar-refractivity contribution in [3.05, 3.63) is 11.6 Å². The van der Waals surface area contributed by atoms with Gasteiger partial charge in [0.25, 0.3) is 0 Å². The van der Waals surface area contributed by atoms with E-state index in [1.807, 2.05) is 0 Å². The molecule has 0 bridgehead atoms. The molecular weight excluding hydrogens is 176 g/mol. The van der Waals surface area contributed by atoms with Crippen molar-refractivity contribution in [2.75, 3.05) is 0 Å². The Balaban J connectivity index is 2.07. The number of allylic oxidation sites excluding steroid dienone is 1. The van der Waals surface area contributed by atoms with E-state index < -0.39 is 5.60 Å². The van der Waals surface area contributed by atoms with Crippen LogP contribution in [0.15, 0.2) is 11.6 Å². The van der Waals surface area contributed by atoms with Gasteiger partial charge >= 0.3 is 0 Å². The third-order valence-electron chi connectivity index (χ3n) is 3.52. The van der Waals surface area contributed by atoms with Gasteiger partial charge in [-0.25, -0.2) is 0 Å². The van der Waals surface area contributed by atoms with E-state index in [9.17, 15) is 9.90 Å². The first kappa shape index (κ1) is 9.91. The maximum Gasteiger partial charge on any atom is 0.133 e. The van der Waals surface area contributed by atoms with Gasteiger partial charge < -0.3 is 5.11 Å². The molecule has 2 rings (SSSR count). The van der Waals surface area contributed by atoms with Crippen LogP contribution in [0.4, 0.5) is 0 Å². The van der Waals surface area contributed by atoms with Gasteiger partial charge in [0.1, 0.15) is 5.78 Å². The number of hydrogen-bond donors (Lipinski definition) is 1. The summed E-state index contributed by atoms with van der Waals surface area (Å²) in [6.45, 7) is 0. The zero-order chi connectivity index (χ0) is 10.0. The van der Waals surface area contributed by atoms with Gasteiger partial charge in [-0.05, 0) is 44.1 Å². The minimum absolute atomic E-state index is 0.311. The summed E-state index contributed by atoms with van der Waals surface area (Å²) in [5, 5.41) is 10.4. The van der Waals surface area contributed by atoms with Crippen molar-refractivity contribution in [2.45, 2.75) is 57.0 Å². The number of carbonyl (C=O) groups is 1. The Morgan fingerprint density at radius 2 is 1.86 bits per heavy atom. The van der Waals surface area contributed by atoms with Gasteiger partial charge in [-0.15, -0.1) is 0 Å². The number of rotatable bonds is 1. The fourth-order valence-corrected chi connectivity index (χ4v) is 2.52. The molecule has 1 N–H and O–H groups in total. The topological polar surface area (TPSA) is 37.3 Å². The van der Waals surface area contributed by atoms with Crippen molar-refractivity contribution in [3.63, 3.8) is 0 Å². The average Bonchev–Trinajstić information content (AvgIpc) is 2.24. The molecular formula is C12H18O2. The number of hydrogen-bond acceptors (Lipinski definition) is 2. The van der Waals surface area contributed by atoms with Crippen LogP contribution in [-0.2, 0) is 4.79 Å². The molecule has 2 aliphatic carbocycles. The van der Waals surface area contributed by atoms with Crippen molar-refractivity contribution < 1.29 is 9.90 Å². The van der Waals surface area contributed by atoms with Crippen LogP contribution in [0.25, 0.3) is 0 Å². The maximum atomic E-state index is 11.1. The fraction of sp³-hybridized carbons (Fsp3) is 0.750. The molecule has 0 radical (unpaired) electrons. The quantitative estimate of drug-likeness (QED) is 0.651. The van der Waals surface area contributed by atoms with Crippen LogP contribution in [-0.4, -0.2) is 16.5 Å². The summed E-state index contributed by atoms with van der Waals surface area (Å²) in [6, 6.07) is 0. The molecule has 2 aliphatic rings. The second-order valence-corrected chi connectivity index (χ2v) is 4.55. The lowest BCUT2D eigenvalue weighted by Gasteiger charge is -2.35. The fourth-order valence-electron chi connectivity index (χ4n) is 2.52. The lowest BCUT2D eigenvalue weighted by molar-refractivity contribution is -0.124. The van der Waals surface area contributed by atoms with E-state index in [2.05, 4.69) is 6.08 Å². The predicted molar refractivity (Wildman–Crippen MR) is 55.0 cm³/mol. The van der Waals surface area contributed by atoms with Gasteiger partial charge in [0, 0.05) is 12.8 Å². The molecule has 0 heterocycles. The first-order chi connectivity index (χ1) is 6.71. The van der Waals surface area contributed by atoms with Gasteiger partial charge in [0.15, 0.2) is 0 Å². The number of ketones is 1. The zero-order valence-electron chi connectivity index (χ0n) is 8.59. The molecule has 0 aromatic rings. The van der Waals surface area contributed by atoms with Crippen molar-refractivity contribution >= 4 is 5.78 Å². The Morgan fingerprint density at radius 3 is 2.43 bits per heavy atom. The highest BCUT2D eigenvalue weighted by Crippen LogP contribution is 2.37. The van der Waals surface area contributed by atoms with E-state index >= 15 is 0 Å². The van der Waals surface area contributed by atoms with E-state index in [0.717, 1.165) is 12.8 Å². The molecule has 0 aromatic heterocycles. The van der Waals surface area contributed by atoms with E-state index in [-0.39, 0.29) is 0 Å². The Morgan fingerprint density at radius 1 is 1.14 bits per heavy atom. The monoisotopic (exact) mass is 194 g/mol. The molecule has 0 spiro atoms. The summed E-state index contributed by atoms with van der Waals surface area (Å²) >= 11 is 0. The zero-order valence-corrected chi connectivity index (χ0v) is 8.59.